The first-order chi connectivity index (χ1) is 18.6. The summed E-state index contributed by atoms with van der Waals surface area (Å²) in [5.74, 6) is -2.52. The molecule has 1 aromatic heterocycles. The Morgan fingerprint density at radius 3 is 2.18 bits per heavy atom. The molecule has 0 aliphatic carbocycles. The monoisotopic (exact) mass is 570 g/mol. The fourth-order valence-electron chi connectivity index (χ4n) is 3.58. The lowest BCUT2D eigenvalue weighted by Crippen LogP contribution is -2.57. The number of thioether (sulfide) groups is 1. The van der Waals surface area contributed by atoms with E-state index in [0.717, 1.165) is 0 Å². The Labute approximate surface area is 232 Å². The van der Waals surface area contributed by atoms with E-state index in [1.807, 2.05) is 6.26 Å². The van der Waals surface area contributed by atoms with E-state index in [1.54, 1.807) is 6.20 Å². The molecule has 0 aliphatic rings. The van der Waals surface area contributed by atoms with Crippen LogP contribution in [0, 0.1) is 0 Å². The highest BCUT2D eigenvalue weighted by molar-refractivity contribution is 7.98. The summed E-state index contributed by atoms with van der Waals surface area (Å²) < 4.78 is 0. The zero-order valence-corrected chi connectivity index (χ0v) is 23.0. The second-order valence-corrected chi connectivity index (χ2v) is 9.91. The molecule has 1 aromatic rings. The Hall–Kier alpha value is -3.37. The highest BCUT2D eigenvalue weighted by atomic mass is 32.2. The summed E-state index contributed by atoms with van der Waals surface area (Å²) >= 11 is 1.49. The van der Waals surface area contributed by atoms with E-state index in [0.29, 0.717) is 43.7 Å². The van der Waals surface area contributed by atoms with Crippen molar-refractivity contribution in [3.05, 3.63) is 18.2 Å². The van der Waals surface area contributed by atoms with Crippen molar-refractivity contribution in [1.82, 2.24) is 25.9 Å². The molecule has 4 atom stereocenters. The zero-order valence-electron chi connectivity index (χ0n) is 22.2. The van der Waals surface area contributed by atoms with Crippen molar-refractivity contribution in [3.8, 4) is 0 Å². The molecule has 0 saturated heterocycles. The number of nitrogens with one attached hydrogen (secondary N) is 4. The van der Waals surface area contributed by atoms with Gasteiger partial charge in [0.15, 0.2) is 5.96 Å². The first-order valence-electron chi connectivity index (χ1n) is 12.7. The number of carboxylic acid groups (broad SMARTS) is 1. The molecule has 15 nitrogen and oxygen atoms in total. The van der Waals surface area contributed by atoms with Crippen LogP contribution in [0.5, 0.6) is 0 Å². The number of nitrogens with two attached hydrogens (primary N) is 4. The highest BCUT2D eigenvalue weighted by Crippen LogP contribution is 2.08. The molecule has 0 saturated carbocycles. The van der Waals surface area contributed by atoms with Gasteiger partial charge < -0.3 is 49.0 Å². The maximum absolute atomic E-state index is 13.2. The fraction of sp³-hybridized carbons (Fsp3) is 0.652. The molecule has 13 N–H and O–H groups in total. The summed E-state index contributed by atoms with van der Waals surface area (Å²) in [6.07, 6.45) is 7.17. The van der Waals surface area contributed by atoms with E-state index in [2.05, 4.69) is 30.9 Å². The normalized spacial score (nSPS) is 13.9. The Balaban J connectivity index is 2.91. The van der Waals surface area contributed by atoms with Crippen LogP contribution < -0.4 is 38.9 Å². The van der Waals surface area contributed by atoms with Gasteiger partial charge in [0.05, 0.1) is 12.4 Å². The third kappa shape index (κ3) is 13.8. The van der Waals surface area contributed by atoms with Gasteiger partial charge in [-0.15, -0.1) is 0 Å². The average Bonchev–Trinajstić information content (AvgIpc) is 3.40. The smallest absolute Gasteiger partial charge is 0.326 e. The molecular weight excluding hydrogens is 528 g/mol. The predicted molar refractivity (Wildman–Crippen MR) is 150 cm³/mol. The molecule has 0 spiro atoms. The van der Waals surface area contributed by atoms with Gasteiger partial charge in [0.2, 0.25) is 17.7 Å². The number of unbranched alkanes of at least 4 members (excludes halogenated alkanes) is 1. The number of guanidine groups is 1. The largest absolute Gasteiger partial charge is 0.480 e. The number of hydrogen-bond acceptors (Lipinski definition) is 9. The summed E-state index contributed by atoms with van der Waals surface area (Å²) in [6, 6.07) is -4.10. The summed E-state index contributed by atoms with van der Waals surface area (Å²) in [5.41, 5.74) is 22.8. The quantitative estimate of drug-likeness (QED) is 0.0459. The van der Waals surface area contributed by atoms with Gasteiger partial charge in [-0.25, -0.2) is 9.78 Å². The summed E-state index contributed by atoms with van der Waals surface area (Å²) in [4.78, 5) is 61.3. The van der Waals surface area contributed by atoms with Crippen LogP contribution in [0.4, 0.5) is 0 Å². The minimum atomic E-state index is -1.23. The van der Waals surface area contributed by atoms with E-state index in [1.165, 1.54) is 18.1 Å². The number of carbonyl (C=O) groups excluding carboxylic acids is 3. The number of carboxylic acids is 1. The van der Waals surface area contributed by atoms with Crippen LogP contribution in [0.1, 0.15) is 44.2 Å². The van der Waals surface area contributed by atoms with Crippen molar-refractivity contribution in [2.75, 3.05) is 25.1 Å². The Morgan fingerprint density at radius 2 is 1.62 bits per heavy atom. The predicted octanol–water partition coefficient (Wildman–Crippen LogP) is -2.25. The first-order valence-corrected chi connectivity index (χ1v) is 14.1. The molecule has 0 fully saturated rings. The third-order valence-corrected chi connectivity index (χ3v) is 6.36. The number of aliphatic carboxylic acids is 1. The Bertz CT molecular complexity index is 926. The maximum atomic E-state index is 13.2. The molecule has 39 heavy (non-hydrogen) atoms. The van der Waals surface area contributed by atoms with E-state index in [-0.39, 0.29) is 31.8 Å². The van der Waals surface area contributed by atoms with Crippen LogP contribution in [0.15, 0.2) is 17.5 Å². The molecule has 0 radical (unpaired) electrons. The molecule has 0 bridgehead atoms. The van der Waals surface area contributed by atoms with E-state index in [9.17, 15) is 24.3 Å². The van der Waals surface area contributed by atoms with Gasteiger partial charge in [-0.05, 0) is 57.1 Å². The van der Waals surface area contributed by atoms with Crippen molar-refractivity contribution in [3.63, 3.8) is 0 Å². The maximum Gasteiger partial charge on any atom is 0.326 e. The standard InChI is InChI=1S/C23H42N10O5S/c1-39-10-7-17(31-19(34)15(25)11-14-12-28-13-30-14)21(36)32-16(5-2-3-8-24)20(35)33-18(22(37)38)6-4-9-29-23(26)27/h12-13,15-18H,2-11,24-25H2,1H3,(H,28,30)(H,31,34)(H,32,36)(H,33,35)(H,37,38)(H4,26,27,29). The van der Waals surface area contributed by atoms with Crippen LogP contribution in [0.2, 0.25) is 0 Å². The molecule has 220 valence electrons. The van der Waals surface area contributed by atoms with Crippen LogP contribution >= 0.6 is 11.8 Å². The van der Waals surface area contributed by atoms with Crippen LogP contribution in [0.3, 0.4) is 0 Å². The lowest BCUT2D eigenvalue weighted by molar-refractivity contribution is -0.142. The second kappa shape index (κ2) is 18.8. The van der Waals surface area contributed by atoms with Gasteiger partial charge >= 0.3 is 5.97 Å². The van der Waals surface area contributed by atoms with Crippen molar-refractivity contribution in [1.29, 1.82) is 0 Å². The second-order valence-electron chi connectivity index (χ2n) is 8.92. The van der Waals surface area contributed by atoms with Crippen molar-refractivity contribution >= 4 is 41.4 Å². The average molecular weight is 571 g/mol. The summed E-state index contributed by atoms with van der Waals surface area (Å²) in [6.45, 7) is 0.601. The van der Waals surface area contributed by atoms with Gasteiger partial charge in [-0.3, -0.25) is 19.4 Å². The van der Waals surface area contributed by atoms with Crippen molar-refractivity contribution in [2.24, 2.45) is 27.9 Å². The Kier molecular flexibility index (Phi) is 16.2. The molecule has 3 amide bonds. The van der Waals surface area contributed by atoms with Gasteiger partial charge in [0.1, 0.15) is 18.1 Å². The molecule has 0 aliphatic heterocycles. The number of aromatic nitrogens is 2. The lowest BCUT2D eigenvalue weighted by Gasteiger charge is -2.25. The van der Waals surface area contributed by atoms with E-state index < -0.39 is 47.9 Å². The topological polar surface area (TPSA) is 270 Å². The van der Waals surface area contributed by atoms with Gasteiger partial charge in [-0.1, -0.05) is 0 Å². The number of aromatic amines is 1. The third-order valence-electron chi connectivity index (χ3n) is 5.71. The van der Waals surface area contributed by atoms with Crippen LogP contribution in [-0.4, -0.2) is 94.0 Å². The number of carbonyl (C=O) groups is 4. The number of H-pyrrole nitrogens is 1. The summed E-state index contributed by atoms with van der Waals surface area (Å²) in [5, 5.41) is 17.4. The molecule has 1 heterocycles. The van der Waals surface area contributed by atoms with Gasteiger partial charge in [0.25, 0.3) is 0 Å². The molecular formula is C23H42N10O5S. The minimum absolute atomic E-state index is 0.0853. The van der Waals surface area contributed by atoms with Crippen LogP contribution in [-0.2, 0) is 25.6 Å². The molecule has 4 unspecified atom stereocenters. The van der Waals surface area contributed by atoms with Gasteiger partial charge in [0, 0.05) is 24.9 Å². The Morgan fingerprint density at radius 1 is 1.00 bits per heavy atom. The molecule has 16 heteroatoms. The zero-order chi connectivity index (χ0) is 29.2. The summed E-state index contributed by atoms with van der Waals surface area (Å²) in [7, 11) is 0. The molecule has 1 rings (SSSR count). The van der Waals surface area contributed by atoms with Crippen molar-refractivity contribution < 1.29 is 24.3 Å². The number of imidazole rings is 1. The van der Waals surface area contributed by atoms with Crippen molar-refractivity contribution in [2.45, 2.75) is 69.1 Å². The van der Waals surface area contributed by atoms with Gasteiger partial charge in [-0.2, -0.15) is 11.8 Å². The highest BCUT2D eigenvalue weighted by Gasteiger charge is 2.30. The van der Waals surface area contributed by atoms with E-state index in [4.69, 9.17) is 22.9 Å². The lowest BCUT2D eigenvalue weighted by atomic mass is 10.1. The number of amides is 3. The minimum Gasteiger partial charge on any atom is -0.480 e. The first kappa shape index (κ1) is 33.7. The molecule has 0 aromatic carbocycles. The van der Waals surface area contributed by atoms with Crippen LogP contribution in [0.25, 0.3) is 0 Å². The number of hydrogen-bond donors (Lipinski definition) is 9. The number of nitrogens with zero attached hydrogens (tertiary/aromatic N) is 2. The number of aliphatic imine (C=N–C) groups is 1. The van der Waals surface area contributed by atoms with E-state index >= 15 is 0 Å². The number of rotatable bonds is 20. The fourth-order valence-corrected chi connectivity index (χ4v) is 4.05. The SMILES string of the molecule is CSCCC(NC(=O)C(N)Cc1cnc[nH]1)C(=O)NC(CCCCN)C(=O)NC(CCCN=C(N)N)C(=O)O.